The summed E-state index contributed by atoms with van der Waals surface area (Å²) in [5.74, 6) is -0.184. The van der Waals surface area contributed by atoms with Crippen molar-refractivity contribution in [1.29, 1.82) is 0 Å². The number of aryl methyl sites for hydroxylation is 1. The number of aromatic nitrogens is 4. The van der Waals surface area contributed by atoms with E-state index in [0.717, 1.165) is 16.5 Å². The highest BCUT2D eigenvalue weighted by Crippen LogP contribution is 2.20. The molecule has 0 unspecified atom stereocenters. The Labute approximate surface area is 171 Å². The molecule has 1 N–H and O–H groups in total. The van der Waals surface area contributed by atoms with Crippen LogP contribution >= 0.6 is 0 Å². The van der Waals surface area contributed by atoms with E-state index >= 15 is 0 Å². The molecule has 0 spiro atoms. The lowest BCUT2D eigenvalue weighted by Crippen LogP contribution is -2.21. The minimum Gasteiger partial charge on any atom is -0.340 e. The second kappa shape index (κ2) is 7.04. The molecule has 0 aliphatic heterocycles. The first kappa shape index (κ1) is 17.9. The lowest BCUT2D eigenvalue weighted by atomic mass is 10.2. The zero-order valence-electron chi connectivity index (χ0n) is 16.3. The Morgan fingerprint density at radius 2 is 1.83 bits per heavy atom. The second-order valence-electron chi connectivity index (χ2n) is 7.17. The van der Waals surface area contributed by atoms with Gasteiger partial charge in [-0.25, -0.2) is 9.48 Å². The SMILES string of the molecule is Cn1c(C(=O)Nc2cccc(Cn3nc4ccccn4c3=O)c2)cc2ccccc21. The van der Waals surface area contributed by atoms with Gasteiger partial charge in [-0.1, -0.05) is 36.4 Å². The van der Waals surface area contributed by atoms with Crippen LogP contribution in [-0.4, -0.2) is 24.7 Å². The van der Waals surface area contributed by atoms with E-state index in [0.29, 0.717) is 23.6 Å². The number of pyridine rings is 1. The smallest absolute Gasteiger partial charge is 0.340 e. The summed E-state index contributed by atoms with van der Waals surface area (Å²) < 4.78 is 4.80. The number of anilines is 1. The van der Waals surface area contributed by atoms with Crippen molar-refractivity contribution >= 4 is 28.1 Å². The largest absolute Gasteiger partial charge is 0.350 e. The molecule has 0 saturated carbocycles. The maximum atomic E-state index is 12.8. The number of hydrogen-bond acceptors (Lipinski definition) is 3. The van der Waals surface area contributed by atoms with Crippen LogP contribution in [0.4, 0.5) is 5.69 Å². The molecule has 0 saturated heterocycles. The van der Waals surface area contributed by atoms with E-state index in [1.54, 1.807) is 18.3 Å². The van der Waals surface area contributed by atoms with Crippen molar-refractivity contribution in [3.05, 3.63) is 101 Å². The van der Waals surface area contributed by atoms with Gasteiger partial charge in [-0.2, -0.15) is 0 Å². The van der Waals surface area contributed by atoms with Crippen molar-refractivity contribution in [3.8, 4) is 0 Å². The third-order valence-electron chi connectivity index (χ3n) is 5.19. The zero-order chi connectivity index (χ0) is 20.7. The predicted octanol–water partition coefficient (Wildman–Crippen LogP) is 3.29. The van der Waals surface area contributed by atoms with Crippen molar-refractivity contribution < 1.29 is 4.79 Å². The van der Waals surface area contributed by atoms with Crippen LogP contribution in [0.3, 0.4) is 0 Å². The highest BCUT2D eigenvalue weighted by Gasteiger charge is 2.14. The first-order valence-corrected chi connectivity index (χ1v) is 9.59. The number of benzene rings is 2. The van der Waals surface area contributed by atoms with E-state index in [-0.39, 0.29) is 11.6 Å². The average molecular weight is 397 g/mol. The number of carbonyl (C=O) groups excluding carboxylic acids is 1. The van der Waals surface area contributed by atoms with E-state index in [2.05, 4.69) is 10.4 Å². The molecule has 148 valence electrons. The molecule has 0 atom stereocenters. The molecular formula is C23H19N5O2. The van der Waals surface area contributed by atoms with E-state index in [1.807, 2.05) is 72.3 Å². The molecule has 7 nitrogen and oxygen atoms in total. The van der Waals surface area contributed by atoms with Gasteiger partial charge >= 0.3 is 5.69 Å². The molecule has 3 heterocycles. The summed E-state index contributed by atoms with van der Waals surface area (Å²) >= 11 is 0. The van der Waals surface area contributed by atoms with Crippen LogP contribution in [0.2, 0.25) is 0 Å². The zero-order valence-corrected chi connectivity index (χ0v) is 16.3. The van der Waals surface area contributed by atoms with Crippen LogP contribution in [0, 0.1) is 0 Å². The molecule has 0 radical (unpaired) electrons. The van der Waals surface area contributed by atoms with Gasteiger partial charge in [0.25, 0.3) is 5.91 Å². The highest BCUT2D eigenvalue weighted by atomic mass is 16.2. The van der Waals surface area contributed by atoms with Crippen molar-refractivity contribution in [2.75, 3.05) is 5.32 Å². The van der Waals surface area contributed by atoms with E-state index < -0.39 is 0 Å². The summed E-state index contributed by atoms with van der Waals surface area (Å²) in [7, 11) is 1.88. The molecule has 30 heavy (non-hydrogen) atoms. The average Bonchev–Trinajstić information content (AvgIpc) is 3.26. The highest BCUT2D eigenvalue weighted by molar-refractivity contribution is 6.06. The number of nitrogens with zero attached hydrogens (tertiary/aromatic N) is 4. The topological polar surface area (TPSA) is 73.3 Å². The van der Waals surface area contributed by atoms with E-state index in [4.69, 9.17) is 0 Å². The normalized spacial score (nSPS) is 11.2. The summed E-state index contributed by atoms with van der Waals surface area (Å²) in [5.41, 5.74) is 3.52. The number of hydrogen-bond donors (Lipinski definition) is 1. The minimum atomic E-state index is -0.199. The Balaban J connectivity index is 1.40. The van der Waals surface area contributed by atoms with Gasteiger partial charge in [-0.3, -0.25) is 9.20 Å². The van der Waals surface area contributed by atoms with Crippen LogP contribution < -0.4 is 11.0 Å². The van der Waals surface area contributed by atoms with Crippen LogP contribution in [-0.2, 0) is 13.6 Å². The van der Waals surface area contributed by atoms with Crippen molar-refractivity contribution in [2.45, 2.75) is 6.54 Å². The Kier molecular flexibility index (Phi) is 4.21. The maximum absolute atomic E-state index is 12.8. The number of para-hydroxylation sites is 1. The third kappa shape index (κ3) is 3.06. The molecule has 0 aliphatic rings. The monoisotopic (exact) mass is 397 g/mol. The van der Waals surface area contributed by atoms with Gasteiger partial charge in [0, 0.05) is 29.8 Å². The molecule has 0 fully saturated rings. The Bertz CT molecular complexity index is 1460. The number of carbonyl (C=O) groups is 1. The first-order valence-electron chi connectivity index (χ1n) is 9.59. The van der Waals surface area contributed by atoms with Crippen LogP contribution in [0.15, 0.2) is 83.8 Å². The summed E-state index contributed by atoms with van der Waals surface area (Å²) in [6.07, 6.45) is 1.70. The van der Waals surface area contributed by atoms with Gasteiger partial charge in [0.15, 0.2) is 5.65 Å². The number of fused-ring (bicyclic) bond motifs is 2. The van der Waals surface area contributed by atoms with E-state index in [1.165, 1.54) is 9.08 Å². The lowest BCUT2D eigenvalue weighted by Gasteiger charge is -2.08. The fraction of sp³-hybridized carbons (Fsp3) is 0.0870. The number of nitrogens with one attached hydrogen (secondary N) is 1. The molecule has 5 rings (SSSR count). The molecule has 0 bridgehead atoms. The second-order valence-corrected chi connectivity index (χ2v) is 7.17. The van der Waals surface area contributed by atoms with Gasteiger partial charge in [0.2, 0.25) is 0 Å². The van der Waals surface area contributed by atoms with Crippen LogP contribution in [0.1, 0.15) is 16.1 Å². The van der Waals surface area contributed by atoms with Gasteiger partial charge in [-0.05, 0) is 42.0 Å². The Hall–Kier alpha value is -4.13. The van der Waals surface area contributed by atoms with Crippen molar-refractivity contribution in [3.63, 3.8) is 0 Å². The van der Waals surface area contributed by atoms with Gasteiger partial charge in [0.05, 0.1) is 6.54 Å². The van der Waals surface area contributed by atoms with Crippen molar-refractivity contribution in [1.82, 2.24) is 18.7 Å². The minimum absolute atomic E-state index is 0.184. The maximum Gasteiger partial charge on any atom is 0.350 e. The summed E-state index contributed by atoms with van der Waals surface area (Å²) in [6.45, 7) is 0.318. The molecule has 7 heteroatoms. The predicted molar refractivity (Wildman–Crippen MR) is 116 cm³/mol. The van der Waals surface area contributed by atoms with Crippen LogP contribution in [0.25, 0.3) is 16.6 Å². The van der Waals surface area contributed by atoms with Gasteiger partial charge < -0.3 is 9.88 Å². The Morgan fingerprint density at radius 3 is 2.67 bits per heavy atom. The fourth-order valence-corrected chi connectivity index (χ4v) is 3.69. The Morgan fingerprint density at radius 1 is 1.00 bits per heavy atom. The van der Waals surface area contributed by atoms with Crippen molar-refractivity contribution in [2.24, 2.45) is 7.05 Å². The van der Waals surface area contributed by atoms with Crippen LogP contribution in [0.5, 0.6) is 0 Å². The third-order valence-corrected chi connectivity index (χ3v) is 5.19. The molecule has 2 aromatic carbocycles. The quantitative estimate of drug-likeness (QED) is 0.506. The van der Waals surface area contributed by atoms with E-state index in [9.17, 15) is 9.59 Å². The number of amides is 1. The lowest BCUT2D eigenvalue weighted by molar-refractivity contribution is 0.102. The van der Waals surface area contributed by atoms with Gasteiger partial charge in [0.1, 0.15) is 5.69 Å². The fourth-order valence-electron chi connectivity index (χ4n) is 3.69. The summed E-state index contributed by atoms with van der Waals surface area (Å²) in [4.78, 5) is 25.3. The molecule has 5 aromatic rings. The van der Waals surface area contributed by atoms with Gasteiger partial charge in [-0.15, -0.1) is 5.10 Å². The molecule has 0 aliphatic carbocycles. The summed E-state index contributed by atoms with van der Waals surface area (Å²) in [5, 5.41) is 8.33. The summed E-state index contributed by atoms with van der Waals surface area (Å²) in [6, 6.07) is 22.6. The first-order chi connectivity index (χ1) is 14.6. The molecule has 1 amide bonds. The number of rotatable bonds is 4. The standard InChI is InChI=1S/C23H19N5O2/c1-26-19-10-3-2-8-17(19)14-20(26)22(29)24-18-9-6-7-16(13-18)15-28-23(30)27-12-5-4-11-21(27)25-28/h2-14H,15H2,1H3,(H,24,29). The molecule has 3 aromatic heterocycles. The molecular weight excluding hydrogens is 378 g/mol.